The number of hydrogen-bond acceptors (Lipinski definition) is 7. The number of benzene rings is 1. The molecule has 3 aromatic rings. The topological polar surface area (TPSA) is 84.5 Å². The number of fused-ring (bicyclic) bond motifs is 2. The fourth-order valence-corrected chi connectivity index (χ4v) is 5.97. The molecule has 2 aromatic heterocycles. The largest absolute Gasteiger partial charge is 0.387 e. The molecule has 8 nitrogen and oxygen atoms in total. The molecule has 0 spiro atoms. The van der Waals surface area contributed by atoms with E-state index >= 15 is 0 Å². The van der Waals surface area contributed by atoms with Crippen LogP contribution in [0.4, 0.5) is 15.9 Å². The summed E-state index contributed by atoms with van der Waals surface area (Å²) in [5.41, 5.74) is 3.69. The van der Waals surface area contributed by atoms with Crippen LogP contribution in [0.3, 0.4) is 0 Å². The average molecular weight is 586 g/mol. The van der Waals surface area contributed by atoms with Gasteiger partial charge in [0, 0.05) is 53.1 Å². The van der Waals surface area contributed by atoms with Gasteiger partial charge in [-0.05, 0) is 49.2 Å². The molecule has 3 heterocycles. The number of aromatic nitrogens is 3. The van der Waals surface area contributed by atoms with E-state index in [0.717, 1.165) is 34.7 Å². The van der Waals surface area contributed by atoms with Gasteiger partial charge in [-0.3, -0.25) is 4.99 Å². The zero-order chi connectivity index (χ0) is 29.1. The van der Waals surface area contributed by atoms with Crippen molar-refractivity contribution in [3.05, 3.63) is 53.1 Å². The standard InChI is InChI=1S/C29H44FN5O3Si2/c1-21(36)27-16-28(34(19-37-10-12-39(2,3)4)20-38-11-13-40(5,6)7)35-29(33-27)25(18-32-35)23-14-22-15-24(30)8-9-26(22)31-17-23/h8-9,15-18,21,23,36H,10-14,19-20H2,1-7H3. The predicted molar refractivity (Wildman–Crippen MR) is 165 cm³/mol. The van der Waals surface area contributed by atoms with Gasteiger partial charge in [0.15, 0.2) is 5.65 Å². The molecule has 11 heteroatoms. The summed E-state index contributed by atoms with van der Waals surface area (Å²) in [6, 6.07) is 8.67. The van der Waals surface area contributed by atoms with Crippen molar-refractivity contribution in [2.75, 3.05) is 31.6 Å². The number of ether oxygens (including phenoxy) is 2. The Hall–Kier alpha value is -2.45. The fourth-order valence-electron chi connectivity index (χ4n) is 4.45. The highest BCUT2D eigenvalue weighted by Crippen LogP contribution is 2.34. The number of aliphatic hydroxyl groups is 1. The molecule has 2 atom stereocenters. The van der Waals surface area contributed by atoms with Crippen molar-refractivity contribution in [3.63, 3.8) is 0 Å². The molecule has 1 aliphatic heterocycles. The number of anilines is 1. The molecule has 0 saturated heterocycles. The maximum atomic E-state index is 14.0. The lowest BCUT2D eigenvalue weighted by molar-refractivity contribution is 0.0941. The number of nitrogens with zero attached hydrogens (tertiary/aromatic N) is 5. The number of aliphatic imine (C=N–C) groups is 1. The highest BCUT2D eigenvalue weighted by Gasteiger charge is 2.25. The Balaban J connectivity index is 1.66. The van der Waals surface area contributed by atoms with Crippen LogP contribution in [0.2, 0.25) is 51.4 Å². The summed E-state index contributed by atoms with van der Waals surface area (Å²) in [5, 5.41) is 15.3. The Bertz CT molecular complexity index is 1310. The van der Waals surface area contributed by atoms with Crippen LogP contribution in [-0.4, -0.2) is 68.7 Å². The van der Waals surface area contributed by atoms with Crippen LogP contribution in [0.1, 0.15) is 35.8 Å². The van der Waals surface area contributed by atoms with Gasteiger partial charge in [0.05, 0.1) is 23.7 Å². The quantitative estimate of drug-likeness (QED) is 0.142. The molecule has 4 rings (SSSR count). The van der Waals surface area contributed by atoms with Crippen molar-refractivity contribution < 1.29 is 19.0 Å². The first kappa shape index (κ1) is 30.5. The number of hydrogen-bond donors (Lipinski definition) is 1. The van der Waals surface area contributed by atoms with Crippen LogP contribution in [0.25, 0.3) is 5.65 Å². The molecule has 1 aliphatic rings. The number of halogens is 1. The lowest BCUT2D eigenvalue weighted by Crippen LogP contribution is -2.33. The second-order valence-corrected chi connectivity index (χ2v) is 24.4. The van der Waals surface area contributed by atoms with Crippen molar-refractivity contribution in [3.8, 4) is 0 Å². The van der Waals surface area contributed by atoms with E-state index in [1.54, 1.807) is 29.8 Å². The first-order valence-electron chi connectivity index (χ1n) is 14.1. The van der Waals surface area contributed by atoms with Crippen LogP contribution in [0.5, 0.6) is 0 Å². The second-order valence-electron chi connectivity index (χ2n) is 13.1. The number of aliphatic hydroxyl groups excluding tert-OH is 1. The van der Waals surface area contributed by atoms with E-state index in [0.29, 0.717) is 44.4 Å². The van der Waals surface area contributed by atoms with Gasteiger partial charge in [0.25, 0.3) is 0 Å². The molecule has 0 aliphatic carbocycles. The molecule has 0 amide bonds. The molecule has 2 unspecified atom stereocenters. The van der Waals surface area contributed by atoms with E-state index in [2.05, 4.69) is 44.3 Å². The fraction of sp³-hybridized carbons (Fsp3) is 0.552. The van der Waals surface area contributed by atoms with Crippen molar-refractivity contribution in [1.82, 2.24) is 14.6 Å². The van der Waals surface area contributed by atoms with Gasteiger partial charge in [-0.1, -0.05) is 39.3 Å². The smallest absolute Gasteiger partial charge is 0.161 e. The average Bonchev–Trinajstić information content (AvgIpc) is 3.29. The Morgan fingerprint density at radius 3 is 2.30 bits per heavy atom. The van der Waals surface area contributed by atoms with Crippen LogP contribution in [0, 0.1) is 5.82 Å². The third kappa shape index (κ3) is 8.06. The normalized spacial score (nSPS) is 16.4. The van der Waals surface area contributed by atoms with Crippen molar-refractivity contribution in [1.29, 1.82) is 0 Å². The molecular weight excluding hydrogens is 542 g/mol. The summed E-state index contributed by atoms with van der Waals surface area (Å²) < 4.78 is 28.1. The van der Waals surface area contributed by atoms with Crippen LogP contribution < -0.4 is 4.90 Å². The lowest BCUT2D eigenvalue weighted by atomic mass is 9.91. The maximum absolute atomic E-state index is 14.0. The van der Waals surface area contributed by atoms with Crippen molar-refractivity contribution in [2.24, 2.45) is 4.99 Å². The van der Waals surface area contributed by atoms with Gasteiger partial charge in [-0.2, -0.15) is 9.61 Å². The van der Waals surface area contributed by atoms with Gasteiger partial charge in [-0.15, -0.1) is 0 Å². The molecule has 0 saturated carbocycles. The summed E-state index contributed by atoms with van der Waals surface area (Å²) in [4.78, 5) is 11.4. The zero-order valence-electron chi connectivity index (χ0n) is 24.9. The first-order valence-corrected chi connectivity index (χ1v) is 21.5. The van der Waals surface area contributed by atoms with Crippen LogP contribution in [-0.2, 0) is 15.9 Å². The van der Waals surface area contributed by atoms with Gasteiger partial charge in [0.2, 0.25) is 0 Å². The molecule has 40 heavy (non-hydrogen) atoms. The zero-order valence-corrected chi connectivity index (χ0v) is 26.9. The van der Waals surface area contributed by atoms with Crippen LogP contribution in [0.15, 0.2) is 35.5 Å². The Morgan fingerprint density at radius 1 is 1.05 bits per heavy atom. The summed E-state index contributed by atoms with van der Waals surface area (Å²) in [5.74, 6) is 0.350. The van der Waals surface area contributed by atoms with E-state index in [1.165, 1.54) is 6.07 Å². The highest BCUT2D eigenvalue weighted by atomic mass is 28.3. The molecule has 0 fully saturated rings. The second kappa shape index (κ2) is 12.6. The van der Waals surface area contributed by atoms with Crippen LogP contribution >= 0.6 is 0 Å². The first-order chi connectivity index (χ1) is 18.8. The molecule has 1 N–H and O–H groups in total. The molecular formula is C29H44FN5O3Si2. The third-order valence-electron chi connectivity index (χ3n) is 7.01. The Morgan fingerprint density at radius 2 is 1.70 bits per heavy atom. The van der Waals surface area contributed by atoms with E-state index < -0.39 is 22.3 Å². The summed E-state index contributed by atoms with van der Waals surface area (Å²) in [6.45, 7) is 17.7. The van der Waals surface area contributed by atoms with E-state index in [-0.39, 0.29) is 11.7 Å². The van der Waals surface area contributed by atoms with Gasteiger partial charge in [0.1, 0.15) is 25.1 Å². The maximum Gasteiger partial charge on any atom is 0.161 e. The molecule has 0 bridgehead atoms. The predicted octanol–water partition coefficient (Wildman–Crippen LogP) is 6.39. The third-order valence-corrected chi connectivity index (χ3v) is 10.4. The van der Waals surface area contributed by atoms with E-state index in [4.69, 9.17) is 19.6 Å². The van der Waals surface area contributed by atoms with Gasteiger partial charge < -0.3 is 19.5 Å². The van der Waals surface area contributed by atoms with E-state index in [1.807, 2.05) is 17.2 Å². The Labute approximate surface area is 239 Å². The minimum Gasteiger partial charge on any atom is -0.387 e. The minimum atomic E-state index is -1.24. The lowest BCUT2D eigenvalue weighted by Gasteiger charge is -2.27. The van der Waals surface area contributed by atoms with Crippen molar-refractivity contribution >= 4 is 39.5 Å². The summed E-state index contributed by atoms with van der Waals surface area (Å²) in [7, 11) is -2.48. The highest BCUT2D eigenvalue weighted by molar-refractivity contribution is 6.76. The Kier molecular flexibility index (Phi) is 9.61. The SMILES string of the molecule is CC(O)c1cc(N(COCC[Si](C)(C)C)COCC[Si](C)(C)C)n2ncc(C3C=Nc4ccc(F)cc4C3)c2n1. The van der Waals surface area contributed by atoms with Crippen molar-refractivity contribution in [2.45, 2.75) is 76.7 Å². The van der Waals surface area contributed by atoms with Gasteiger partial charge >= 0.3 is 0 Å². The summed E-state index contributed by atoms with van der Waals surface area (Å²) in [6.07, 6.45) is 3.50. The monoisotopic (exact) mass is 585 g/mol. The number of rotatable bonds is 13. The van der Waals surface area contributed by atoms with E-state index in [9.17, 15) is 9.50 Å². The van der Waals surface area contributed by atoms with Gasteiger partial charge in [-0.25, -0.2) is 9.37 Å². The minimum absolute atomic E-state index is 0.120. The molecule has 218 valence electrons. The summed E-state index contributed by atoms with van der Waals surface area (Å²) >= 11 is 0. The molecule has 0 radical (unpaired) electrons. The molecule has 1 aromatic carbocycles.